The highest BCUT2D eigenvalue weighted by atomic mass is 32.2. The standard InChI is InChI=1S/C8H16S5/c1-8(11,6(4-9)5-10)7-12-2-3-13-7/h6-7,9-11H,2-5H2,1H3. The van der Waals surface area contributed by atoms with Crippen molar-refractivity contribution < 1.29 is 0 Å². The van der Waals surface area contributed by atoms with Gasteiger partial charge in [0.15, 0.2) is 0 Å². The average molecular weight is 273 g/mol. The number of thiol groups is 3. The summed E-state index contributed by atoms with van der Waals surface area (Å²) in [5.74, 6) is 4.77. The maximum absolute atomic E-state index is 4.80. The fourth-order valence-electron chi connectivity index (χ4n) is 1.32. The van der Waals surface area contributed by atoms with Gasteiger partial charge in [-0.15, -0.1) is 23.5 Å². The van der Waals surface area contributed by atoms with Crippen molar-refractivity contribution in [3.8, 4) is 0 Å². The quantitative estimate of drug-likeness (QED) is 0.673. The summed E-state index contributed by atoms with van der Waals surface area (Å²) < 4.78 is 0.676. The molecule has 0 saturated carbocycles. The van der Waals surface area contributed by atoms with E-state index in [0.717, 1.165) is 11.5 Å². The summed E-state index contributed by atoms with van der Waals surface area (Å²) in [4.78, 5) is 0. The van der Waals surface area contributed by atoms with Crippen LogP contribution in [0.4, 0.5) is 0 Å². The van der Waals surface area contributed by atoms with Crippen LogP contribution in [0.15, 0.2) is 0 Å². The molecule has 0 N–H and O–H groups in total. The van der Waals surface area contributed by atoms with E-state index in [4.69, 9.17) is 12.6 Å². The van der Waals surface area contributed by atoms with E-state index in [-0.39, 0.29) is 4.75 Å². The first-order valence-corrected chi connectivity index (χ1v) is 8.11. The Balaban J connectivity index is 2.60. The first-order valence-electron chi connectivity index (χ1n) is 4.30. The monoisotopic (exact) mass is 272 g/mol. The second kappa shape index (κ2) is 5.73. The molecule has 1 heterocycles. The Morgan fingerprint density at radius 3 is 2.15 bits per heavy atom. The van der Waals surface area contributed by atoms with Gasteiger partial charge in [0.1, 0.15) is 0 Å². The lowest BCUT2D eigenvalue weighted by atomic mass is 9.98. The zero-order valence-corrected chi connectivity index (χ0v) is 12.0. The normalized spacial score (nSPS) is 23.8. The number of thioether (sulfide) groups is 2. The smallest absolute Gasteiger partial charge is 0.0647 e. The fourth-order valence-corrected chi connectivity index (χ4v) is 6.67. The molecule has 1 aliphatic heterocycles. The highest BCUT2D eigenvalue weighted by Gasteiger charge is 2.39. The lowest BCUT2D eigenvalue weighted by molar-refractivity contribution is 0.521. The van der Waals surface area contributed by atoms with Crippen molar-refractivity contribution in [2.24, 2.45) is 5.92 Å². The third-order valence-electron chi connectivity index (χ3n) is 2.37. The molecule has 0 aromatic carbocycles. The zero-order chi connectivity index (χ0) is 9.90. The van der Waals surface area contributed by atoms with Crippen LogP contribution in [0.2, 0.25) is 0 Å². The molecule has 1 fully saturated rings. The largest absolute Gasteiger partial charge is 0.179 e. The van der Waals surface area contributed by atoms with Gasteiger partial charge in [0.2, 0.25) is 0 Å². The number of rotatable bonds is 4. The lowest BCUT2D eigenvalue weighted by Gasteiger charge is -2.35. The van der Waals surface area contributed by atoms with Crippen molar-refractivity contribution in [3.05, 3.63) is 0 Å². The first-order chi connectivity index (χ1) is 6.12. The van der Waals surface area contributed by atoms with Crippen molar-refractivity contribution >= 4 is 61.4 Å². The third kappa shape index (κ3) is 3.10. The Bertz CT molecular complexity index is 145. The van der Waals surface area contributed by atoms with Gasteiger partial charge >= 0.3 is 0 Å². The molecule has 0 aromatic heterocycles. The van der Waals surface area contributed by atoms with Gasteiger partial charge in [-0.05, 0) is 24.3 Å². The molecule has 0 bridgehead atoms. The molecule has 1 unspecified atom stereocenters. The van der Waals surface area contributed by atoms with Crippen molar-refractivity contribution in [1.29, 1.82) is 0 Å². The van der Waals surface area contributed by atoms with E-state index in [9.17, 15) is 0 Å². The molecule has 1 aliphatic rings. The molecule has 78 valence electrons. The molecule has 5 heteroatoms. The van der Waals surface area contributed by atoms with Gasteiger partial charge < -0.3 is 0 Å². The minimum atomic E-state index is 0.0648. The van der Waals surface area contributed by atoms with E-state index >= 15 is 0 Å². The van der Waals surface area contributed by atoms with Crippen LogP contribution in [0.3, 0.4) is 0 Å². The van der Waals surface area contributed by atoms with Crippen LogP contribution < -0.4 is 0 Å². The van der Waals surface area contributed by atoms with Gasteiger partial charge in [0.25, 0.3) is 0 Å². The molecule has 1 rings (SSSR count). The topological polar surface area (TPSA) is 0 Å². The van der Waals surface area contributed by atoms with E-state index < -0.39 is 0 Å². The molecule has 13 heavy (non-hydrogen) atoms. The van der Waals surface area contributed by atoms with Crippen molar-refractivity contribution in [2.45, 2.75) is 16.3 Å². The maximum atomic E-state index is 4.80. The van der Waals surface area contributed by atoms with Crippen LogP contribution in [0.5, 0.6) is 0 Å². The summed E-state index contributed by atoms with van der Waals surface area (Å²) in [5, 5.41) is 0. The second-order valence-electron chi connectivity index (χ2n) is 3.36. The van der Waals surface area contributed by atoms with Crippen LogP contribution in [0.25, 0.3) is 0 Å². The van der Waals surface area contributed by atoms with Crippen LogP contribution >= 0.6 is 61.4 Å². The van der Waals surface area contributed by atoms with Crippen LogP contribution in [-0.2, 0) is 0 Å². The Morgan fingerprint density at radius 2 is 1.77 bits per heavy atom. The third-order valence-corrected chi connectivity index (χ3v) is 7.76. The van der Waals surface area contributed by atoms with E-state index in [1.54, 1.807) is 0 Å². The first kappa shape index (κ1) is 12.8. The van der Waals surface area contributed by atoms with Crippen molar-refractivity contribution in [2.75, 3.05) is 23.0 Å². The van der Waals surface area contributed by atoms with E-state index in [1.165, 1.54) is 11.5 Å². The number of hydrogen-bond donors (Lipinski definition) is 3. The average Bonchev–Trinajstić information content (AvgIpc) is 2.58. The van der Waals surface area contributed by atoms with Crippen LogP contribution in [0, 0.1) is 5.92 Å². The molecular weight excluding hydrogens is 256 g/mol. The van der Waals surface area contributed by atoms with Crippen molar-refractivity contribution in [3.63, 3.8) is 0 Å². The van der Waals surface area contributed by atoms with Gasteiger partial charge in [-0.2, -0.15) is 37.9 Å². The molecule has 0 spiro atoms. The Kier molecular flexibility index (Phi) is 5.65. The summed E-state index contributed by atoms with van der Waals surface area (Å²) in [5.41, 5.74) is 0. The molecule has 0 radical (unpaired) electrons. The molecule has 0 aromatic rings. The predicted molar refractivity (Wildman–Crippen MR) is 77.3 cm³/mol. The second-order valence-corrected chi connectivity index (χ2v) is 7.78. The summed E-state index contributed by atoms with van der Waals surface area (Å²) >= 11 is 17.6. The lowest BCUT2D eigenvalue weighted by Crippen LogP contribution is -2.38. The van der Waals surface area contributed by atoms with Crippen LogP contribution in [-0.4, -0.2) is 32.3 Å². The SMILES string of the molecule is CC(S)(C(CS)CS)C1SCCS1. The van der Waals surface area contributed by atoms with E-state index in [0.29, 0.717) is 10.5 Å². The maximum Gasteiger partial charge on any atom is 0.0647 e. The summed E-state index contributed by atoms with van der Waals surface area (Å²) in [6.07, 6.45) is 0. The minimum absolute atomic E-state index is 0.0648. The van der Waals surface area contributed by atoms with Gasteiger partial charge in [0, 0.05) is 16.3 Å². The molecule has 1 saturated heterocycles. The Morgan fingerprint density at radius 1 is 1.31 bits per heavy atom. The molecule has 0 amide bonds. The van der Waals surface area contributed by atoms with Gasteiger partial charge in [-0.25, -0.2) is 0 Å². The Hall–Kier alpha value is 1.75. The summed E-state index contributed by atoms with van der Waals surface area (Å²) in [6.45, 7) is 2.23. The van der Waals surface area contributed by atoms with Crippen LogP contribution in [0.1, 0.15) is 6.92 Å². The molecular formula is C8H16S5. The molecule has 1 atom stereocenters. The summed E-state index contributed by atoms with van der Waals surface area (Å²) in [6, 6.07) is 0. The summed E-state index contributed by atoms with van der Waals surface area (Å²) in [7, 11) is 0. The highest BCUT2D eigenvalue weighted by molar-refractivity contribution is 8.20. The van der Waals surface area contributed by atoms with Gasteiger partial charge in [-0.3, -0.25) is 0 Å². The van der Waals surface area contributed by atoms with E-state index in [2.05, 4.69) is 32.2 Å². The zero-order valence-electron chi connectivity index (χ0n) is 7.64. The fraction of sp³-hybridized carbons (Fsp3) is 1.00. The predicted octanol–water partition coefficient (Wildman–Crippen LogP) is 2.96. The molecule has 0 aliphatic carbocycles. The van der Waals surface area contributed by atoms with E-state index in [1.807, 2.05) is 23.5 Å². The van der Waals surface area contributed by atoms with Crippen molar-refractivity contribution in [1.82, 2.24) is 0 Å². The van der Waals surface area contributed by atoms with Gasteiger partial charge in [-0.1, -0.05) is 0 Å². The number of hydrogen-bond acceptors (Lipinski definition) is 5. The highest BCUT2D eigenvalue weighted by Crippen LogP contribution is 2.46. The minimum Gasteiger partial charge on any atom is -0.179 e. The Labute approximate surface area is 106 Å². The van der Waals surface area contributed by atoms with Gasteiger partial charge in [0.05, 0.1) is 4.58 Å². The molecule has 0 nitrogen and oxygen atoms in total.